The van der Waals surface area contributed by atoms with Gasteiger partial charge in [-0.15, -0.1) is 0 Å². The average Bonchev–Trinajstić information content (AvgIpc) is 3.53. The second-order valence-corrected chi connectivity index (χ2v) is 8.37. The minimum atomic E-state index is -0.872. The number of carbonyl (C=O) groups is 1. The molecule has 1 saturated heterocycles. The van der Waals surface area contributed by atoms with Crippen molar-refractivity contribution >= 4 is 17.8 Å². The molecule has 156 valence electrons. The lowest BCUT2D eigenvalue weighted by Crippen LogP contribution is -2.33. The summed E-state index contributed by atoms with van der Waals surface area (Å²) in [6, 6.07) is 18.3. The molecule has 0 bridgehead atoms. The Balaban J connectivity index is 1.28. The van der Waals surface area contributed by atoms with E-state index >= 15 is 0 Å². The maximum absolute atomic E-state index is 11.0. The Morgan fingerprint density at radius 2 is 1.80 bits per heavy atom. The molecule has 0 amide bonds. The standard InChI is InChI=1S/C26H30N2O2/c1-2-21(16-19-6-4-3-5-7-19)24-17-25(24)27-23-12-14-28(15-13-23)18-20-8-10-22(11-9-20)26(29)30/h3-11,16,24-25H,2,12-15,17-18H2,1H3,(H,29,30)/b21-16+. The molecule has 1 aliphatic heterocycles. The molecule has 4 nitrogen and oxygen atoms in total. The van der Waals surface area contributed by atoms with Crippen LogP contribution in [0.3, 0.4) is 0 Å². The van der Waals surface area contributed by atoms with E-state index in [0.717, 1.165) is 38.9 Å². The van der Waals surface area contributed by atoms with Crippen LogP contribution in [0.2, 0.25) is 0 Å². The fourth-order valence-electron chi connectivity index (χ4n) is 4.30. The summed E-state index contributed by atoms with van der Waals surface area (Å²) in [6.07, 6.45) is 6.72. The zero-order valence-corrected chi connectivity index (χ0v) is 17.6. The predicted molar refractivity (Wildman–Crippen MR) is 122 cm³/mol. The van der Waals surface area contributed by atoms with Gasteiger partial charge >= 0.3 is 5.97 Å². The van der Waals surface area contributed by atoms with Crippen LogP contribution < -0.4 is 0 Å². The third kappa shape index (κ3) is 5.25. The Kier molecular flexibility index (Phi) is 6.44. The smallest absolute Gasteiger partial charge is 0.335 e. The minimum Gasteiger partial charge on any atom is -0.478 e. The molecule has 2 atom stereocenters. The SMILES string of the molecule is CC/C(=C\c1ccccc1)C1CC1N=C1CCN(Cc2ccc(C(=O)O)cc2)CC1. The Morgan fingerprint density at radius 1 is 1.10 bits per heavy atom. The molecule has 0 aromatic heterocycles. The Morgan fingerprint density at radius 3 is 2.43 bits per heavy atom. The van der Waals surface area contributed by atoms with Crippen molar-refractivity contribution in [1.29, 1.82) is 0 Å². The average molecular weight is 403 g/mol. The lowest BCUT2D eigenvalue weighted by atomic mass is 10.0. The summed E-state index contributed by atoms with van der Waals surface area (Å²) in [5, 5.41) is 9.02. The number of aliphatic imine (C=N–C) groups is 1. The first kappa shape index (κ1) is 20.5. The van der Waals surface area contributed by atoms with E-state index < -0.39 is 5.97 Å². The fourth-order valence-corrected chi connectivity index (χ4v) is 4.30. The number of aromatic carboxylic acids is 1. The lowest BCUT2D eigenvalue weighted by molar-refractivity contribution is 0.0697. The van der Waals surface area contributed by atoms with Crippen molar-refractivity contribution in [1.82, 2.24) is 4.90 Å². The van der Waals surface area contributed by atoms with Crippen LogP contribution in [-0.4, -0.2) is 40.8 Å². The number of likely N-dealkylation sites (tertiary alicyclic amines) is 1. The molecule has 2 unspecified atom stereocenters. The van der Waals surface area contributed by atoms with E-state index in [1.165, 1.54) is 28.8 Å². The molecule has 1 heterocycles. The first-order chi connectivity index (χ1) is 14.6. The van der Waals surface area contributed by atoms with Gasteiger partial charge in [-0.3, -0.25) is 9.89 Å². The van der Waals surface area contributed by atoms with Crippen molar-refractivity contribution in [2.45, 2.75) is 45.2 Å². The topological polar surface area (TPSA) is 52.9 Å². The number of benzene rings is 2. The van der Waals surface area contributed by atoms with E-state index in [1.807, 2.05) is 12.1 Å². The number of piperidine rings is 1. The first-order valence-electron chi connectivity index (χ1n) is 11.0. The van der Waals surface area contributed by atoms with E-state index in [-0.39, 0.29) is 0 Å². The van der Waals surface area contributed by atoms with Crippen LogP contribution in [-0.2, 0) is 6.54 Å². The molecule has 2 aromatic carbocycles. The van der Waals surface area contributed by atoms with Crippen LogP contribution in [0.5, 0.6) is 0 Å². The Labute approximate surface area is 179 Å². The summed E-state index contributed by atoms with van der Waals surface area (Å²) < 4.78 is 0. The molecule has 1 N–H and O–H groups in total. The van der Waals surface area contributed by atoms with Crippen LogP contribution in [0, 0.1) is 5.92 Å². The van der Waals surface area contributed by atoms with Crippen molar-refractivity contribution in [2.75, 3.05) is 13.1 Å². The highest BCUT2D eigenvalue weighted by molar-refractivity contribution is 5.87. The van der Waals surface area contributed by atoms with Crippen molar-refractivity contribution in [3.8, 4) is 0 Å². The summed E-state index contributed by atoms with van der Waals surface area (Å²) in [5.74, 6) is -0.253. The number of carboxylic acids is 1. The molecule has 4 rings (SSSR count). The second kappa shape index (κ2) is 9.40. The van der Waals surface area contributed by atoms with E-state index in [1.54, 1.807) is 12.1 Å². The highest BCUT2D eigenvalue weighted by Gasteiger charge is 2.39. The largest absolute Gasteiger partial charge is 0.478 e. The van der Waals surface area contributed by atoms with Crippen molar-refractivity contribution in [3.05, 3.63) is 76.9 Å². The van der Waals surface area contributed by atoms with Crippen LogP contribution in [0.4, 0.5) is 0 Å². The number of hydrogen-bond acceptors (Lipinski definition) is 3. The van der Waals surface area contributed by atoms with Gasteiger partial charge in [-0.25, -0.2) is 4.79 Å². The van der Waals surface area contributed by atoms with Crippen LogP contribution in [0.1, 0.15) is 54.1 Å². The van der Waals surface area contributed by atoms with E-state index in [9.17, 15) is 4.79 Å². The van der Waals surface area contributed by atoms with Gasteiger partial charge in [0, 0.05) is 31.3 Å². The zero-order chi connectivity index (χ0) is 20.9. The van der Waals surface area contributed by atoms with Gasteiger partial charge in [0.25, 0.3) is 0 Å². The third-order valence-electron chi connectivity index (χ3n) is 6.18. The molecular formula is C26H30N2O2. The highest BCUT2D eigenvalue weighted by Crippen LogP contribution is 2.42. The predicted octanol–water partition coefficient (Wildman–Crippen LogP) is 5.30. The molecule has 2 aromatic rings. The molecule has 30 heavy (non-hydrogen) atoms. The van der Waals surface area contributed by atoms with Gasteiger partial charge in [0.1, 0.15) is 0 Å². The van der Waals surface area contributed by atoms with E-state index in [2.05, 4.69) is 48.2 Å². The quantitative estimate of drug-likeness (QED) is 0.683. The maximum Gasteiger partial charge on any atom is 0.335 e. The van der Waals surface area contributed by atoms with E-state index in [4.69, 9.17) is 10.1 Å². The number of nitrogens with zero attached hydrogens (tertiary/aromatic N) is 2. The van der Waals surface area contributed by atoms with Crippen molar-refractivity contribution < 1.29 is 9.90 Å². The summed E-state index contributed by atoms with van der Waals surface area (Å²) >= 11 is 0. The normalized spacial score (nSPS) is 22.0. The fraction of sp³-hybridized carbons (Fsp3) is 0.385. The van der Waals surface area contributed by atoms with Crippen LogP contribution in [0.15, 0.2) is 65.2 Å². The number of carboxylic acid groups (broad SMARTS) is 1. The van der Waals surface area contributed by atoms with Gasteiger partial charge in [0.2, 0.25) is 0 Å². The van der Waals surface area contributed by atoms with E-state index in [0.29, 0.717) is 17.5 Å². The Bertz CT molecular complexity index is 921. The van der Waals surface area contributed by atoms with Crippen molar-refractivity contribution in [2.24, 2.45) is 10.9 Å². The molecule has 4 heteroatoms. The zero-order valence-electron chi connectivity index (χ0n) is 17.6. The Hall–Kier alpha value is -2.72. The van der Waals surface area contributed by atoms with Crippen LogP contribution >= 0.6 is 0 Å². The van der Waals surface area contributed by atoms with Gasteiger partial charge in [-0.05, 0) is 48.9 Å². The molecule has 2 aliphatic rings. The highest BCUT2D eigenvalue weighted by atomic mass is 16.4. The second-order valence-electron chi connectivity index (χ2n) is 8.37. The maximum atomic E-state index is 11.0. The summed E-state index contributed by atoms with van der Waals surface area (Å²) in [7, 11) is 0. The molecule has 1 aliphatic carbocycles. The summed E-state index contributed by atoms with van der Waals surface area (Å²) in [4.78, 5) is 18.5. The molecule has 1 saturated carbocycles. The molecule has 0 spiro atoms. The third-order valence-corrected chi connectivity index (χ3v) is 6.18. The van der Waals surface area contributed by atoms with Gasteiger partial charge in [-0.1, -0.05) is 61.0 Å². The minimum absolute atomic E-state index is 0.346. The van der Waals surface area contributed by atoms with Gasteiger partial charge in [0.15, 0.2) is 0 Å². The van der Waals surface area contributed by atoms with Crippen molar-refractivity contribution in [3.63, 3.8) is 0 Å². The van der Waals surface area contributed by atoms with Gasteiger partial charge < -0.3 is 5.11 Å². The van der Waals surface area contributed by atoms with Crippen LogP contribution in [0.25, 0.3) is 6.08 Å². The summed E-state index contributed by atoms with van der Waals surface area (Å²) in [6.45, 7) is 5.17. The number of hydrogen-bond donors (Lipinski definition) is 1. The number of rotatable bonds is 7. The monoisotopic (exact) mass is 402 g/mol. The summed E-state index contributed by atoms with van der Waals surface area (Å²) in [5.41, 5.74) is 5.70. The lowest BCUT2D eigenvalue weighted by Gasteiger charge is -2.27. The van der Waals surface area contributed by atoms with Gasteiger partial charge in [-0.2, -0.15) is 0 Å². The molecular weight excluding hydrogens is 372 g/mol. The first-order valence-corrected chi connectivity index (χ1v) is 11.0. The molecule has 0 radical (unpaired) electrons. The van der Waals surface area contributed by atoms with Gasteiger partial charge in [0.05, 0.1) is 11.6 Å². The molecule has 2 fully saturated rings.